The van der Waals surface area contributed by atoms with Crippen LogP contribution in [-0.4, -0.2) is 32.9 Å². The van der Waals surface area contributed by atoms with E-state index in [1.807, 2.05) is 6.92 Å². The Morgan fingerprint density at radius 3 is 2.80 bits per heavy atom. The number of aryl methyl sites for hydroxylation is 2. The summed E-state index contributed by atoms with van der Waals surface area (Å²) >= 11 is 6.09. The van der Waals surface area contributed by atoms with Crippen LogP contribution in [0.4, 0.5) is 0 Å². The molecule has 6 heteroatoms. The molecule has 1 aliphatic carbocycles. The second-order valence-electron chi connectivity index (χ2n) is 5.21. The van der Waals surface area contributed by atoms with E-state index in [0.717, 1.165) is 36.9 Å². The van der Waals surface area contributed by atoms with E-state index < -0.39 is 6.10 Å². The highest BCUT2D eigenvalue weighted by molar-refractivity contribution is 6.31. The monoisotopic (exact) mass is 297 g/mol. The number of halogens is 1. The fourth-order valence-electron chi connectivity index (χ4n) is 2.51. The van der Waals surface area contributed by atoms with Crippen LogP contribution in [0.15, 0.2) is 6.08 Å². The molecule has 2 atom stereocenters. The molecule has 0 bridgehead atoms. The van der Waals surface area contributed by atoms with Crippen molar-refractivity contribution in [1.29, 1.82) is 0 Å². The predicted octanol–water partition coefficient (Wildman–Crippen LogP) is 1.81. The number of rotatable bonds is 3. The molecule has 1 aromatic rings. The topological polar surface area (TPSA) is 67.2 Å². The number of nitrogens with zero attached hydrogens (tertiary/aromatic N) is 2. The Labute approximate surface area is 123 Å². The summed E-state index contributed by atoms with van der Waals surface area (Å²) in [4.78, 5) is 11.9. The Hall–Kier alpha value is -1.33. The first-order chi connectivity index (χ1) is 9.49. The van der Waals surface area contributed by atoms with Crippen LogP contribution in [0.3, 0.4) is 0 Å². The van der Waals surface area contributed by atoms with Gasteiger partial charge in [0.05, 0.1) is 17.8 Å². The summed E-state index contributed by atoms with van der Waals surface area (Å²) in [6, 6.07) is -0.147. The van der Waals surface area contributed by atoms with Gasteiger partial charge >= 0.3 is 0 Å². The van der Waals surface area contributed by atoms with Crippen LogP contribution >= 0.6 is 11.6 Å². The van der Waals surface area contributed by atoms with Crippen LogP contribution in [0.2, 0.25) is 5.15 Å². The van der Waals surface area contributed by atoms with Crippen molar-refractivity contribution >= 4 is 23.6 Å². The Morgan fingerprint density at radius 1 is 1.50 bits per heavy atom. The second kappa shape index (κ2) is 6.41. The van der Waals surface area contributed by atoms with Gasteiger partial charge in [0.1, 0.15) is 5.15 Å². The van der Waals surface area contributed by atoms with Gasteiger partial charge in [-0.05, 0) is 25.8 Å². The molecule has 0 saturated heterocycles. The molecular weight excluding hydrogens is 278 g/mol. The largest absolute Gasteiger partial charge is 0.391 e. The lowest BCUT2D eigenvalue weighted by Gasteiger charge is -2.27. The number of aliphatic hydroxyl groups is 1. The van der Waals surface area contributed by atoms with E-state index in [-0.39, 0.29) is 11.9 Å². The molecule has 5 nitrogen and oxygen atoms in total. The minimum atomic E-state index is -0.440. The van der Waals surface area contributed by atoms with Crippen LogP contribution in [0.5, 0.6) is 0 Å². The lowest BCUT2D eigenvalue weighted by atomic mass is 9.92. The highest BCUT2D eigenvalue weighted by Crippen LogP contribution is 2.20. The van der Waals surface area contributed by atoms with Gasteiger partial charge in [-0.1, -0.05) is 24.4 Å². The Morgan fingerprint density at radius 2 is 2.20 bits per heavy atom. The van der Waals surface area contributed by atoms with Crippen LogP contribution in [-0.2, 0) is 11.8 Å². The number of nitrogens with one attached hydrogen (secondary N) is 1. The van der Waals surface area contributed by atoms with E-state index in [4.69, 9.17) is 11.6 Å². The SMILES string of the molecule is Cc1nn(C)c(Cl)c1C=CC(=O)NC1CCCCC1O. The van der Waals surface area contributed by atoms with Gasteiger partial charge in [0, 0.05) is 18.7 Å². The average Bonchev–Trinajstić information content (AvgIpc) is 2.64. The molecule has 1 fully saturated rings. The zero-order valence-electron chi connectivity index (χ0n) is 11.8. The van der Waals surface area contributed by atoms with Gasteiger partial charge in [-0.3, -0.25) is 9.48 Å². The molecule has 110 valence electrons. The quantitative estimate of drug-likeness (QED) is 0.836. The minimum absolute atomic E-state index is 0.147. The summed E-state index contributed by atoms with van der Waals surface area (Å²) < 4.78 is 1.57. The molecule has 1 aliphatic rings. The van der Waals surface area contributed by atoms with Gasteiger partial charge in [0.2, 0.25) is 5.91 Å². The van der Waals surface area contributed by atoms with Gasteiger partial charge < -0.3 is 10.4 Å². The zero-order valence-corrected chi connectivity index (χ0v) is 12.5. The first-order valence-electron chi connectivity index (χ1n) is 6.84. The maximum Gasteiger partial charge on any atom is 0.244 e. The van der Waals surface area contributed by atoms with E-state index >= 15 is 0 Å². The maximum absolute atomic E-state index is 11.9. The minimum Gasteiger partial charge on any atom is -0.391 e. The average molecular weight is 298 g/mol. The van der Waals surface area contributed by atoms with Crippen molar-refractivity contribution in [2.75, 3.05) is 0 Å². The number of aliphatic hydroxyl groups excluding tert-OH is 1. The van der Waals surface area contributed by atoms with Crippen LogP contribution in [0.25, 0.3) is 6.08 Å². The molecule has 1 heterocycles. The molecule has 2 N–H and O–H groups in total. The molecular formula is C14H20ClN3O2. The van der Waals surface area contributed by atoms with E-state index in [0.29, 0.717) is 5.15 Å². The molecule has 0 aromatic carbocycles. The zero-order chi connectivity index (χ0) is 14.7. The van der Waals surface area contributed by atoms with Gasteiger partial charge in [-0.15, -0.1) is 0 Å². The number of carbonyl (C=O) groups is 1. The van der Waals surface area contributed by atoms with E-state index in [2.05, 4.69) is 10.4 Å². The molecule has 2 rings (SSSR count). The third kappa shape index (κ3) is 3.41. The van der Waals surface area contributed by atoms with Gasteiger partial charge in [0.15, 0.2) is 0 Å². The fraction of sp³-hybridized carbons (Fsp3) is 0.571. The van der Waals surface area contributed by atoms with Gasteiger partial charge in [-0.2, -0.15) is 5.10 Å². The molecule has 0 aliphatic heterocycles. The molecule has 0 radical (unpaired) electrons. The third-order valence-electron chi connectivity index (χ3n) is 3.65. The highest BCUT2D eigenvalue weighted by atomic mass is 35.5. The normalized spacial score (nSPS) is 23.2. The lowest BCUT2D eigenvalue weighted by molar-refractivity contribution is -0.118. The van der Waals surface area contributed by atoms with Crippen molar-refractivity contribution in [3.05, 3.63) is 22.5 Å². The lowest BCUT2D eigenvalue weighted by Crippen LogP contribution is -2.44. The summed E-state index contributed by atoms with van der Waals surface area (Å²) in [7, 11) is 1.76. The standard InChI is InChI=1S/C14H20ClN3O2/c1-9-10(14(15)18(2)17-9)7-8-13(20)16-11-5-3-4-6-12(11)19/h7-8,11-12,19H,3-6H2,1-2H3,(H,16,20). The maximum atomic E-state index is 11.9. The number of carbonyl (C=O) groups excluding carboxylic acids is 1. The molecule has 0 spiro atoms. The molecule has 1 aromatic heterocycles. The second-order valence-corrected chi connectivity index (χ2v) is 5.57. The summed E-state index contributed by atoms with van der Waals surface area (Å²) in [5.74, 6) is -0.213. The summed E-state index contributed by atoms with van der Waals surface area (Å²) in [5, 5.41) is 17.3. The Kier molecular flexibility index (Phi) is 4.83. The van der Waals surface area contributed by atoms with Gasteiger partial charge in [0.25, 0.3) is 0 Å². The molecule has 20 heavy (non-hydrogen) atoms. The van der Waals surface area contributed by atoms with Crippen molar-refractivity contribution < 1.29 is 9.90 Å². The highest BCUT2D eigenvalue weighted by Gasteiger charge is 2.23. The van der Waals surface area contributed by atoms with E-state index in [1.54, 1.807) is 17.8 Å². The first-order valence-corrected chi connectivity index (χ1v) is 7.22. The van der Waals surface area contributed by atoms with Crippen LogP contribution in [0, 0.1) is 6.92 Å². The van der Waals surface area contributed by atoms with E-state index in [9.17, 15) is 9.90 Å². The third-order valence-corrected chi connectivity index (χ3v) is 4.10. The van der Waals surface area contributed by atoms with Crippen LogP contribution < -0.4 is 5.32 Å². The first kappa shape index (κ1) is 15.1. The Balaban J connectivity index is 1.98. The van der Waals surface area contributed by atoms with Crippen molar-refractivity contribution in [3.63, 3.8) is 0 Å². The van der Waals surface area contributed by atoms with Crippen molar-refractivity contribution in [3.8, 4) is 0 Å². The van der Waals surface area contributed by atoms with E-state index in [1.165, 1.54) is 6.08 Å². The Bertz CT molecular complexity index is 525. The number of hydrogen-bond donors (Lipinski definition) is 2. The molecule has 1 amide bonds. The molecule has 2 unspecified atom stereocenters. The fourth-order valence-corrected chi connectivity index (χ4v) is 2.74. The van der Waals surface area contributed by atoms with Crippen molar-refractivity contribution in [2.45, 2.75) is 44.8 Å². The predicted molar refractivity (Wildman–Crippen MR) is 78.4 cm³/mol. The van der Waals surface area contributed by atoms with Gasteiger partial charge in [-0.25, -0.2) is 0 Å². The molecule has 1 saturated carbocycles. The van der Waals surface area contributed by atoms with Crippen molar-refractivity contribution in [1.82, 2.24) is 15.1 Å². The number of aromatic nitrogens is 2. The van der Waals surface area contributed by atoms with Crippen molar-refractivity contribution in [2.24, 2.45) is 7.05 Å². The summed E-state index contributed by atoms with van der Waals surface area (Å²) in [5.41, 5.74) is 1.52. The summed E-state index contributed by atoms with van der Waals surface area (Å²) in [6.07, 6.45) is 6.31. The van der Waals surface area contributed by atoms with Crippen LogP contribution in [0.1, 0.15) is 36.9 Å². The summed E-state index contributed by atoms with van der Waals surface area (Å²) in [6.45, 7) is 1.84. The number of amides is 1. The smallest absolute Gasteiger partial charge is 0.244 e. The number of hydrogen-bond acceptors (Lipinski definition) is 3.